The van der Waals surface area contributed by atoms with Gasteiger partial charge in [-0.1, -0.05) is 0 Å². The van der Waals surface area contributed by atoms with E-state index in [2.05, 4.69) is 58.1 Å². The van der Waals surface area contributed by atoms with Crippen LogP contribution in [0.2, 0.25) is 0 Å². The van der Waals surface area contributed by atoms with E-state index in [1.54, 1.807) is 0 Å². The summed E-state index contributed by atoms with van der Waals surface area (Å²) in [7, 11) is 1.85. The monoisotopic (exact) mass is 381 g/mol. The van der Waals surface area contributed by atoms with E-state index >= 15 is 0 Å². The molecule has 0 radical (unpaired) electrons. The summed E-state index contributed by atoms with van der Waals surface area (Å²) in [6, 6.07) is 19.5. The molecular formula is C17H20INO. The van der Waals surface area contributed by atoms with Gasteiger partial charge in [0.25, 0.3) is 0 Å². The van der Waals surface area contributed by atoms with E-state index in [9.17, 15) is 0 Å². The second kappa shape index (κ2) is 6.24. The van der Waals surface area contributed by atoms with E-state index in [0.717, 1.165) is 12.8 Å². The molecule has 106 valence electrons. The molecule has 2 nitrogen and oxygen atoms in total. The molecule has 2 aromatic carbocycles. The van der Waals surface area contributed by atoms with E-state index in [0.29, 0.717) is 0 Å². The Bertz CT molecular complexity index is 561. The van der Waals surface area contributed by atoms with Crippen LogP contribution >= 0.6 is 0 Å². The van der Waals surface area contributed by atoms with Crippen molar-refractivity contribution in [1.29, 1.82) is 0 Å². The molecule has 0 unspecified atom stereocenters. The minimum atomic E-state index is -0.0840. The number of hydrogen-bond acceptors (Lipinski definition) is 1. The number of quaternary nitrogens is 1. The second-order valence-electron chi connectivity index (χ2n) is 5.15. The number of rotatable bonds is 5. The molecule has 1 aliphatic rings. The average molecular weight is 381 g/mol. The third kappa shape index (κ3) is 2.75. The van der Waals surface area contributed by atoms with Crippen LogP contribution in [0.5, 0.6) is 0 Å². The summed E-state index contributed by atoms with van der Waals surface area (Å²) in [4.78, 5) is 0. The fourth-order valence-electron chi connectivity index (χ4n) is 2.70. The van der Waals surface area contributed by atoms with Gasteiger partial charge < -0.3 is 0 Å². The fourth-order valence-corrected chi connectivity index (χ4v) is 4.77. The van der Waals surface area contributed by atoms with Crippen molar-refractivity contribution in [2.24, 2.45) is 0 Å². The van der Waals surface area contributed by atoms with Crippen LogP contribution in [0.4, 0.5) is 5.69 Å². The quantitative estimate of drug-likeness (QED) is 0.433. The predicted molar refractivity (Wildman–Crippen MR) is 75.7 cm³/mol. The van der Waals surface area contributed by atoms with Gasteiger partial charge in [-0.25, -0.2) is 0 Å². The molecule has 1 saturated carbocycles. The molecule has 0 aromatic heterocycles. The third-order valence-corrected chi connectivity index (χ3v) is 6.46. The van der Waals surface area contributed by atoms with E-state index in [-0.39, 0.29) is 27.1 Å². The Labute approximate surface area is 131 Å². The van der Waals surface area contributed by atoms with Gasteiger partial charge in [-0.05, 0) is 0 Å². The van der Waals surface area contributed by atoms with Crippen LogP contribution in [-0.2, 0) is 10.3 Å². The molecule has 0 saturated heterocycles. The van der Waals surface area contributed by atoms with Crippen molar-refractivity contribution in [3.8, 4) is 0 Å². The molecule has 3 rings (SSSR count). The van der Waals surface area contributed by atoms with Gasteiger partial charge in [0, 0.05) is 0 Å². The summed E-state index contributed by atoms with van der Waals surface area (Å²) in [5.74, 6) is 0. The van der Waals surface area contributed by atoms with Crippen molar-refractivity contribution in [3.63, 3.8) is 0 Å². The fraction of sp³-hybridized carbons (Fsp3) is 0.294. The third-order valence-electron chi connectivity index (χ3n) is 4.03. The molecule has 0 spiro atoms. The number of halogens is 1. The van der Waals surface area contributed by atoms with Crippen molar-refractivity contribution in [3.05, 3.63) is 63.7 Å². The van der Waals surface area contributed by atoms with E-state index < -0.39 is 0 Å². The van der Waals surface area contributed by atoms with Crippen LogP contribution in [0, 0.1) is 3.57 Å². The molecule has 2 N–H and O–H groups in total. The molecule has 0 bridgehead atoms. The maximum atomic E-state index is 5.84. The van der Waals surface area contributed by atoms with Gasteiger partial charge >= 0.3 is 131 Å². The first-order chi connectivity index (χ1) is 9.84. The van der Waals surface area contributed by atoms with Gasteiger partial charge in [-0.3, -0.25) is 0 Å². The van der Waals surface area contributed by atoms with E-state index in [4.69, 9.17) is 4.74 Å². The average Bonchev–Trinajstić information content (AvgIpc) is 2.47. The Hall–Kier alpha value is -0.910. The van der Waals surface area contributed by atoms with Crippen LogP contribution in [0.15, 0.2) is 54.6 Å². The number of methoxy groups -OCH3 is 1. The van der Waals surface area contributed by atoms with E-state index in [1.807, 2.05) is 7.11 Å². The first kappa shape index (κ1) is 14.0. The topological polar surface area (TPSA) is 25.8 Å². The number of hydrogen-bond donors (Lipinski definition) is 1. The molecule has 20 heavy (non-hydrogen) atoms. The summed E-state index contributed by atoms with van der Waals surface area (Å²) in [6.45, 7) is 0. The van der Waals surface area contributed by atoms with Gasteiger partial charge in [0.1, 0.15) is 0 Å². The van der Waals surface area contributed by atoms with Crippen LogP contribution in [-0.4, -0.2) is 7.11 Å². The molecule has 0 aliphatic heterocycles. The summed E-state index contributed by atoms with van der Waals surface area (Å²) in [5, 5.41) is 0. The predicted octanol–water partition coefficient (Wildman–Crippen LogP) is -0.219. The van der Waals surface area contributed by atoms with Crippen molar-refractivity contribution >= 4 is 5.69 Å². The number of nitrogens with two attached hydrogens (primary N) is 1. The Balaban J connectivity index is 1.80. The molecule has 1 fully saturated rings. The zero-order chi connectivity index (χ0) is 13.8. The molecule has 0 amide bonds. The summed E-state index contributed by atoms with van der Waals surface area (Å²) >= 11 is -0.0840. The zero-order valence-corrected chi connectivity index (χ0v) is 13.8. The SMILES string of the molecule is COC1(c2ccccc2[NH2+][I-]c2ccccc2)CCC1. The van der Waals surface area contributed by atoms with Crippen LogP contribution < -0.4 is 25.0 Å². The van der Waals surface area contributed by atoms with Gasteiger partial charge in [0.2, 0.25) is 0 Å². The standard InChI is InChI=1S/C17H20INO/c1-20-17(12-7-13-17)15-10-5-6-11-16(15)19-18-14-8-3-2-4-9-14/h2-6,8-11H,7,12-13,19H2,1H3. The molecular weight excluding hydrogens is 361 g/mol. The molecule has 0 heterocycles. The minimum absolute atomic E-state index is 0.0203. The molecule has 0 atom stereocenters. The van der Waals surface area contributed by atoms with Crippen molar-refractivity contribution < 1.29 is 29.7 Å². The molecule has 1 aliphatic carbocycles. The Morgan fingerprint density at radius 3 is 2.35 bits per heavy atom. The first-order valence-corrected chi connectivity index (χ1v) is 9.33. The number of ether oxygens (including phenoxy) is 1. The Kier molecular flexibility index (Phi) is 4.38. The van der Waals surface area contributed by atoms with Gasteiger partial charge in [0.05, 0.1) is 0 Å². The van der Waals surface area contributed by atoms with Gasteiger partial charge in [-0.2, -0.15) is 0 Å². The van der Waals surface area contributed by atoms with Crippen LogP contribution in [0.1, 0.15) is 24.8 Å². The first-order valence-electron chi connectivity index (χ1n) is 7.00. The summed E-state index contributed by atoms with van der Waals surface area (Å²) < 4.78 is 9.74. The van der Waals surface area contributed by atoms with Crippen molar-refractivity contribution in [2.75, 3.05) is 7.11 Å². The second-order valence-corrected chi connectivity index (χ2v) is 7.64. The normalized spacial score (nSPS) is 16.9. The summed E-state index contributed by atoms with van der Waals surface area (Å²) in [5.41, 5.74) is 2.73. The Morgan fingerprint density at radius 1 is 1.00 bits per heavy atom. The number of benzene rings is 2. The van der Waals surface area contributed by atoms with Crippen molar-refractivity contribution in [1.82, 2.24) is 0 Å². The maximum absolute atomic E-state index is 5.84. The van der Waals surface area contributed by atoms with Crippen LogP contribution in [0.3, 0.4) is 0 Å². The molecule has 3 heteroatoms. The van der Waals surface area contributed by atoms with E-state index in [1.165, 1.54) is 21.2 Å². The van der Waals surface area contributed by atoms with Crippen LogP contribution in [0.25, 0.3) is 0 Å². The van der Waals surface area contributed by atoms with Gasteiger partial charge in [-0.15, -0.1) is 0 Å². The summed E-state index contributed by atoms with van der Waals surface area (Å²) in [6.07, 6.45) is 3.58. The van der Waals surface area contributed by atoms with Gasteiger partial charge in [0.15, 0.2) is 0 Å². The zero-order valence-electron chi connectivity index (χ0n) is 11.7. The Morgan fingerprint density at radius 2 is 1.70 bits per heavy atom. The van der Waals surface area contributed by atoms with Crippen molar-refractivity contribution in [2.45, 2.75) is 24.9 Å². The molecule has 2 aromatic rings.